The molecule has 0 aliphatic rings. The van der Waals surface area contributed by atoms with E-state index in [1.807, 2.05) is 0 Å². The van der Waals surface area contributed by atoms with Gasteiger partial charge in [0, 0.05) is 54.5 Å². The number of hydrogen-bond donors (Lipinski definition) is 0. The van der Waals surface area contributed by atoms with Crippen LogP contribution in [0.1, 0.15) is 5.56 Å². The zero-order valence-electron chi connectivity index (χ0n) is 35.6. The maximum atomic E-state index is 5.76. The molecule has 0 amide bonds. The van der Waals surface area contributed by atoms with Crippen LogP contribution in [0.15, 0.2) is 188 Å². The van der Waals surface area contributed by atoms with Crippen molar-refractivity contribution in [1.29, 1.82) is 0 Å². The van der Waals surface area contributed by atoms with Gasteiger partial charge in [-0.25, -0.2) is 4.98 Å². The first-order chi connectivity index (χ1) is 30.8. The highest BCUT2D eigenvalue weighted by atomic mass is 28.3. The molecule has 300 valence electrons. The molecule has 0 aliphatic carbocycles. The highest BCUT2D eigenvalue weighted by Crippen LogP contribution is 2.44. The second-order valence-corrected chi connectivity index (χ2v) is 23.2. The van der Waals surface area contributed by atoms with Gasteiger partial charge >= 0.3 is 0 Å². The standard InChI is InChI=1S/C57H43N5Si/c1-36-26-32-50-46(34-36)44-30-28-42-40-20-11-13-22-48(40)61(56(42)54(44)59(50)37-16-7-5-8-17-37)52-24-15-25-53(58-52)62-49-23-14-12-21-41(49)43-29-31-45-47-35-39(63(2,3)4)27-33-51(47)60(55(45)57(43)62)38-18-9-6-10-19-38/h5-35H,1-4H3. The lowest BCUT2D eigenvalue weighted by atomic mass is 10.1. The summed E-state index contributed by atoms with van der Waals surface area (Å²) in [6, 6.07) is 69.1. The van der Waals surface area contributed by atoms with Crippen molar-refractivity contribution in [3.05, 3.63) is 194 Å². The van der Waals surface area contributed by atoms with Crippen molar-refractivity contribution in [3.63, 3.8) is 0 Å². The van der Waals surface area contributed by atoms with Crippen molar-refractivity contribution in [3.8, 4) is 23.0 Å². The molecule has 6 heteroatoms. The van der Waals surface area contributed by atoms with Gasteiger partial charge in [0.05, 0.1) is 52.2 Å². The minimum Gasteiger partial charge on any atom is -0.307 e. The topological polar surface area (TPSA) is 32.6 Å². The molecule has 5 nitrogen and oxygen atoms in total. The summed E-state index contributed by atoms with van der Waals surface area (Å²) in [5.74, 6) is 1.74. The van der Waals surface area contributed by atoms with E-state index >= 15 is 0 Å². The van der Waals surface area contributed by atoms with Gasteiger partial charge in [-0.3, -0.25) is 9.13 Å². The lowest BCUT2D eigenvalue weighted by Crippen LogP contribution is -2.37. The Morgan fingerprint density at radius 2 is 0.746 bits per heavy atom. The number of fused-ring (bicyclic) bond motifs is 14. The normalized spacial score (nSPS) is 12.4. The molecule has 0 saturated heterocycles. The first-order valence-corrected chi connectivity index (χ1v) is 25.4. The summed E-state index contributed by atoms with van der Waals surface area (Å²) in [7, 11) is -1.60. The van der Waals surface area contributed by atoms with Crippen LogP contribution in [0.2, 0.25) is 19.6 Å². The maximum absolute atomic E-state index is 5.76. The molecular formula is C57H43N5Si. The van der Waals surface area contributed by atoms with Gasteiger partial charge in [-0.05, 0) is 73.7 Å². The van der Waals surface area contributed by atoms with Crippen LogP contribution in [0.4, 0.5) is 0 Å². The van der Waals surface area contributed by atoms with Crippen molar-refractivity contribution in [2.24, 2.45) is 0 Å². The average Bonchev–Trinajstić information content (AvgIpc) is 4.04. The fourth-order valence-electron chi connectivity index (χ4n) is 10.5. The number of aromatic nitrogens is 5. The van der Waals surface area contributed by atoms with Crippen molar-refractivity contribution in [1.82, 2.24) is 23.3 Å². The lowest BCUT2D eigenvalue weighted by Gasteiger charge is -2.17. The number of hydrogen-bond acceptors (Lipinski definition) is 1. The highest BCUT2D eigenvalue weighted by molar-refractivity contribution is 6.88. The Balaban J connectivity index is 1.16. The van der Waals surface area contributed by atoms with E-state index in [1.165, 1.54) is 75.9 Å². The van der Waals surface area contributed by atoms with Gasteiger partial charge in [-0.1, -0.05) is 152 Å². The fourth-order valence-corrected chi connectivity index (χ4v) is 11.7. The predicted molar refractivity (Wildman–Crippen MR) is 269 cm³/mol. The molecule has 0 saturated carbocycles. The van der Waals surface area contributed by atoms with E-state index in [-0.39, 0.29) is 0 Å². The zero-order chi connectivity index (χ0) is 42.1. The van der Waals surface area contributed by atoms with Crippen molar-refractivity contribution < 1.29 is 0 Å². The Morgan fingerprint density at radius 3 is 1.25 bits per heavy atom. The Morgan fingerprint density at radius 1 is 0.333 bits per heavy atom. The van der Waals surface area contributed by atoms with E-state index < -0.39 is 8.07 Å². The van der Waals surface area contributed by atoms with E-state index in [0.717, 1.165) is 45.1 Å². The summed E-state index contributed by atoms with van der Waals surface area (Å²) in [4.78, 5) is 5.76. The summed E-state index contributed by atoms with van der Waals surface area (Å²) in [6.45, 7) is 9.49. The molecule has 13 rings (SSSR count). The Hall–Kier alpha value is -7.67. The minimum absolute atomic E-state index is 0.869. The first-order valence-electron chi connectivity index (χ1n) is 21.9. The molecule has 63 heavy (non-hydrogen) atoms. The summed E-state index contributed by atoms with van der Waals surface area (Å²) in [5.41, 5.74) is 12.8. The number of nitrogens with zero attached hydrogens (tertiary/aromatic N) is 5. The predicted octanol–water partition coefficient (Wildman–Crippen LogP) is 14.3. The molecule has 5 aromatic heterocycles. The van der Waals surface area contributed by atoms with Crippen LogP contribution in [0.5, 0.6) is 0 Å². The third kappa shape index (κ3) is 5.13. The summed E-state index contributed by atoms with van der Waals surface area (Å²) < 4.78 is 9.75. The third-order valence-electron chi connectivity index (χ3n) is 13.4. The number of aryl methyl sites for hydroxylation is 1. The molecule has 0 bridgehead atoms. The molecule has 8 aromatic carbocycles. The van der Waals surface area contributed by atoms with Gasteiger partial charge in [0.1, 0.15) is 11.6 Å². The SMILES string of the molecule is Cc1ccc2c(c1)c1ccc3c4ccccc4n(-c4cccc(-n5c6ccccc6c6ccc7c8cc([Si](C)(C)C)ccc8n(-c8ccccc8)c7c65)n4)c3c1n2-c1ccccc1. The smallest absolute Gasteiger partial charge is 0.140 e. The van der Waals surface area contributed by atoms with Crippen LogP contribution in [0.3, 0.4) is 0 Å². The number of rotatable bonds is 5. The van der Waals surface area contributed by atoms with E-state index in [1.54, 1.807) is 0 Å². The van der Waals surface area contributed by atoms with E-state index in [4.69, 9.17) is 4.98 Å². The van der Waals surface area contributed by atoms with Crippen molar-refractivity contribution in [2.75, 3.05) is 0 Å². The second kappa shape index (κ2) is 13.2. The highest BCUT2D eigenvalue weighted by Gasteiger charge is 2.26. The maximum Gasteiger partial charge on any atom is 0.140 e. The first kappa shape index (κ1) is 36.0. The van der Waals surface area contributed by atoms with Crippen LogP contribution >= 0.6 is 0 Å². The molecule has 0 spiro atoms. The summed E-state index contributed by atoms with van der Waals surface area (Å²) in [6.07, 6.45) is 0. The van der Waals surface area contributed by atoms with E-state index in [2.05, 4.69) is 233 Å². The van der Waals surface area contributed by atoms with Gasteiger partial charge < -0.3 is 9.13 Å². The number of para-hydroxylation sites is 4. The summed E-state index contributed by atoms with van der Waals surface area (Å²) in [5, 5.41) is 11.3. The number of benzene rings is 8. The lowest BCUT2D eigenvalue weighted by molar-refractivity contribution is 1.01. The molecule has 0 radical (unpaired) electrons. The monoisotopic (exact) mass is 825 g/mol. The van der Waals surface area contributed by atoms with Crippen LogP contribution in [-0.4, -0.2) is 31.3 Å². The van der Waals surface area contributed by atoms with Gasteiger partial charge in [-0.2, -0.15) is 0 Å². The van der Waals surface area contributed by atoms with Gasteiger partial charge in [0.25, 0.3) is 0 Å². The van der Waals surface area contributed by atoms with E-state index in [9.17, 15) is 0 Å². The Bertz CT molecular complexity index is 4010. The third-order valence-corrected chi connectivity index (χ3v) is 15.4. The van der Waals surface area contributed by atoms with Crippen LogP contribution in [0.25, 0.3) is 110 Å². The average molecular weight is 826 g/mol. The quantitative estimate of drug-likeness (QED) is 0.159. The fraction of sp³-hybridized carbons (Fsp3) is 0.0702. The van der Waals surface area contributed by atoms with Crippen LogP contribution in [0, 0.1) is 6.92 Å². The van der Waals surface area contributed by atoms with Crippen LogP contribution < -0.4 is 5.19 Å². The largest absolute Gasteiger partial charge is 0.307 e. The zero-order valence-corrected chi connectivity index (χ0v) is 36.6. The molecule has 0 fully saturated rings. The minimum atomic E-state index is -1.60. The molecule has 0 N–H and O–H groups in total. The second-order valence-electron chi connectivity index (χ2n) is 18.1. The molecule has 5 heterocycles. The Kier molecular flexibility index (Phi) is 7.53. The Labute approximate surface area is 365 Å². The molecule has 0 atom stereocenters. The van der Waals surface area contributed by atoms with Crippen LogP contribution in [-0.2, 0) is 0 Å². The van der Waals surface area contributed by atoms with Gasteiger partial charge in [0.15, 0.2) is 0 Å². The van der Waals surface area contributed by atoms with Gasteiger partial charge in [-0.15, -0.1) is 0 Å². The van der Waals surface area contributed by atoms with Crippen molar-refractivity contribution in [2.45, 2.75) is 26.6 Å². The molecule has 0 unspecified atom stereocenters. The van der Waals surface area contributed by atoms with Gasteiger partial charge in [0.2, 0.25) is 0 Å². The van der Waals surface area contributed by atoms with E-state index in [0.29, 0.717) is 0 Å². The van der Waals surface area contributed by atoms with Crippen molar-refractivity contribution >= 4 is 100 Å². The molecule has 13 aromatic rings. The molecule has 0 aliphatic heterocycles. The number of pyridine rings is 1. The molecular weight excluding hydrogens is 783 g/mol. The summed E-state index contributed by atoms with van der Waals surface area (Å²) >= 11 is 0.